The van der Waals surface area contributed by atoms with Gasteiger partial charge in [0.25, 0.3) is 5.91 Å². The van der Waals surface area contributed by atoms with E-state index in [0.717, 1.165) is 56.1 Å². The zero-order chi connectivity index (χ0) is 13.9. The maximum absolute atomic E-state index is 12.8. The first-order valence-electron chi connectivity index (χ1n) is 7.27. The molecule has 2 aromatic rings. The largest absolute Gasteiger partial charge is 0.336 e. The number of pyridine rings is 1. The van der Waals surface area contributed by atoms with E-state index in [4.69, 9.17) is 0 Å². The van der Waals surface area contributed by atoms with E-state index in [0.29, 0.717) is 0 Å². The number of nitrogens with zero attached hydrogens (tertiary/aromatic N) is 3. The quantitative estimate of drug-likeness (QED) is 0.897. The average Bonchev–Trinajstić information content (AvgIpc) is 2.65. The smallest absolute Gasteiger partial charge is 0.272 e. The number of hydrogen-bond donors (Lipinski definition) is 1. The van der Waals surface area contributed by atoms with Crippen LogP contribution in [0.3, 0.4) is 0 Å². The van der Waals surface area contributed by atoms with Crippen molar-refractivity contribution in [2.45, 2.75) is 19.8 Å². The highest BCUT2D eigenvalue weighted by atomic mass is 16.2. The zero-order valence-electron chi connectivity index (χ0n) is 11.8. The molecule has 1 saturated heterocycles. The predicted molar refractivity (Wildman–Crippen MR) is 78.0 cm³/mol. The van der Waals surface area contributed by atoms with Crippen molar-refractivity contribution in [1.29, 1.82) is 0 Å². The Kier molecular flexibility index (Phi) is 3.69. The van der Waals surface area contributed by atoms with Crippen LogP contribution in [-0.2, 0) is 6.42 Å². The molecule has 0 unspecified atom stereocenters. The van der Waals surface area contributed by atoms with E-state index in [2.05, 4.69) is 10.3 Å². The van der Waals surface area contributed by atoms with Crippen molar-refractivity contribution in [3.05, 3.63) is 35.8 Å². The van der Waals surface area contributed by atoms with Gasteiger partial charge in [-0.25, -0.2) is 4.98 Å². The van der Waals surface area contributed by atoms with Gasteiger partial charge in [0.1, 0.15) is 11.3 Å². The molecule has 5 nitrogen and oxygen atoms in total. The number of carbonyl (C=O) groups is 1. The van der Waals surface area contributed by atoms with E-state index in [1.54, 1.807) is 0 Å². The van der Waals surface area contributed by atoms with Crippen LogP contribution in [0.15, 0.2) is 24.4 Å². The third-order valence-corrected chi connectivity index (χ3v) is 3.77. The normalized spacial score (nSPS) is 16.4. The SMILES string of the molecule is CCc1nc2ccccn2c1C(=O)N1CCCNCC1. The lowest BCUT2D eigenvalue weighted by molar-refractivity contribution is 0.0758. The molecular weight excluding hydrogens is 252 g/mol. The summed E-state index contributed by atoms with van der Waals surface area (Å²) in [7, 11) is 0. The molecule has 0 saturated carbocycles. The number of carbonyl (C=O) groups excluding carboxylic acids is 1. The number of aromatic nitrogens is 2. The van der Waals surface area contributed by atoms with Crippen molar-refractivity contribution in [3.8, 4) is 0 Å². The first-order chi connectivity index (χ1) is 9.81. The number of hydrogen-bond acceptors (Lipinski definition) is 3. The van der Waals surface area contributed by atoms with Gasteiger partial charge in [0.15, 0.2) is 0 Å². The maximum Gasteiger partial charge on any atom is 0.272 e. The van der Waals surface area contributed by atoms with E-state index in [9.17, 15) is 4.79 Å². The van der Waals surface area contributed by atoms with Crippen molar-refractivity contribution in [1.82, 2.24) is 19.6 Å². The zero-order valence-corrected chi connectivity index (χ0v) is 11.8. The van der Waals surface area contributed by atoms with Crippen LogP contribution >= 0.6 is 0 Å². The lowest BCUT2D eigenvalue weighted by Gasteiger charge is -2.20. The van der Waals surface area contributed by atoms with E-state index < -0.39 is 0 Å². The van der Waals surface area contributed by atoms with Crippen molar-refractivity contribution >= 4 is 11.6 Å². The molecule has 1 fully saturated rings. The van der Waals surface area contributed by atoms with Gasteiger partial charge in [0.05, 0.1) is 5.69 Å². The predicted octanol–water partition coefficient (Wildman–Crippen LogP) is 1.33. The molecule has 0 spiro atoms. The maximum atomic E-state index is 12.8. The molecule has 20 heavy (non-hydrogen) atoms. The second-order valence-electron chi connectivity index (χ2n) is 5.09. The summed E-state index contributed by atoms with van der Waals surface area (Å²) in [5.41, 5.74) is 2.46. The topological polar surface area (TPSA) is 49.6 Å². The minimum atomic E-state index is 0.101. The Labute approximate surface area is 118 Å². The van der Waals surface area contributed by atoms with Gasteiger partial charge in [-0.3, -0.25) is 9.20 Å². The summed E-state index contributed by atoms with van der Waals surface area (Å²) in [5, 5.41) is 3.33. The Morgan fingerprint density at radius 2 is 2.25 bits per heavy atom. The third kappa shape index (κ3) is 2.29. The molecule has 1 aliphatic heterocycles. The van der Waals surface area contributed by atoms with Gasteiger partial charge in [0.2, 0.25) is 0 Å². The molecule has 2 aromatic heterocycles. The summed E-state index contributed by atoms with van der Waals surface area (Å²) < 4.78 is 1.92. The summed E-state index contributed by atoms with van der Waals surface area (Å²) in [6, 6.07) is 5.83. The minimum Gasteiger partial charge on any atom is -0.336 e. The van der Waals surface area contributed by atoms with Crippen LogP contribution < -0.4 is 5.32 Å². The van der Waals surface area contributed by atoms with E-state index in [1.807, 2.05) is 40.6 Å². The Hall–Kier alpha value is -1.88. The molecule has 3 heterocycles. The highest BCUT2D eigenvalue weighted by Gasteiger charge is 2.23. The summed E-state index contributed by atoms with van der Waals surface area (Å²) >= 11 is 0. The lowest BCUT2D eigenvalue weighted by atomic mass is 10.2. The number of nitrogens with one attached hydrogen (secondary N) is 1. The van der Waals surface area contributed by atoms with Gasteiger partial charge in [-0.15, -0.1) is 0 Å². The fourth-order valence-electron chi connectivity index (χ4n) is 2.72. The highest BCUT2D eigenvalue weighted by Crippen LogP contribution is 2.16. The van der Waals surface area contributed by atoms with E-state index in [1.165, 1.54) is 0 Å². The molecule has 5 heteroatoms. The molecule has 0 radical (unpaired) electrons. The summed E-state index contributed by atoms with van der Waals surface area (Å²) in [5.74, 6) is 0.101. The van der Waals surface area contributed by atoms with Crippen LogP contribution in [-0.4, -0.2) is 46.4 Å². The van der Waals surface area contributed by atoms with Gasteiger partial charge in [0, 0.05) is 25.8 Å². The molecule has 0 aliphatic carbocycles. The van der Waals surface area contributed by atoms with Gasteiger partial charge >= 0.3 is 0 Å². The van der Waals surface area contributed by atoms with Gasteiger partial charge in [-0.1, -0.05) is 13.0 Å². The monoisotopic (exact) mass is 272 g/mol. The fraction of sp³-hybridized carbons (Fsp3) is 0.467. The van der Waals surface area contributed by atoms with Gasteiger partial charge in [-0.05, 0) is 31.5 Å². The standard InChI is InChI=1S/C15H20N4O/c1-2-12-14(19-10-4-3-6-13(19)17-12)15(20)18-9-5-7-16-8-11-18/h3-4,6,10,16H,2,5,7-9,11H2,1H3. The van der Waals surface area contributed by atoms with Crippen LogP contribution in [0, 0.1) is 0 Å². The molecule has 1 amide bonds. The lowest BCUT2D eigenvalue weighted by Crippen LogP contribution is -2.35. The fourth-order valence-corrected chi connectivity index (χ4v) is 2.72. The highest BCUT2D eigenvalue weighted by molar-refractivity contribution is 5.94. The molecule has 1 aliphatic rings. The van der Waals surface area contributed by atoms with Gasteiger partial charge in [-0.2, -0.15) is 0 Å². The Balaban J connectivity index is 2.01. The molecule has 3 rings (SSSR count). The Morgan fingerprint density at radius 1 is 1.35 bits per heavy atom. The molecule has 106 valence electrons. The molecule has 0 bridgehead atoms. The minimum absolute atomic E-state index is 0.101. The molecule has 0 aromatic carbocycles. The summed E-state index contributed by atoms with van der Waals surface area (Å²) in [6.45, 7) is 5.47. The second kappa shape index (κ2) is 5.63. The average molecular weight is 272 g/mol. The first kappa shape index (κ1) is 13.1. The number of fused-ring (bicyclic) bond motifs is 1. The molecular formula is C15H20N4O. The van der Waals surface area contributed by atoms with E-state index >= 15 is 0 Å². The van der Waals surface area contributed by atoms with Crippen molar-refractivity contribution in [2.24, 2.45) is 0 Å². The molecule has 0 atom stereocenters. The first-order valence-corrected chi connectivity index (χ1v) is 7.27. The van der Waals surface area contributed by atoms with Crippen LogP contribution in [0.5, 0.6) is 0 Å². The van der Waals surface area contributed by atoms with Crippen LogP contribution in [0.25, 0.3) is 5.65 Å². The summed E-state index contributed by atoms with van der Waals surface area (Å²) in [4.78, 5) is 19.4. The van der Waals surface area contributed by atoms with Gasteiger partial charge < -0.3 is 10.2 Å². The molecule has 1 N–H and O–H groups in total. The van der Waals surface area contributed by atoms with Crippen LogP contribution in [0.2, 0.25) is 0 Å². The van der Waals surface area contributed by atoms with Crippen molar-refractivity contribution < 1.29 is 4.79 Å². The number of aryl methyl sites for hydroxylation is 1. The Morgan fingerprint density at radius 3 is 3.10 bits per heavy atom. The van der Waals surface area contributed by atoms with E-state index in [-0.39, 0.29) is 5.91 Å². The Bertz CT molecular complexity index is 611. The number of amides is 1. The van der Waals surface area contributed by atoms with Crippen molar-refractivity contribution in [3.63, 3.8) is 0 Å². The number of rotatable bonds is 2. The number of imidazole rings is 1. The van der Waals surface area contributed by atoms with Crippen LogP contribution in [0.1, 0.15) is 29.5 Å². The van der Waals surface area contributed by atoms with Crippen molar-refractivity contribution in [2.75, 3.05) is 26.2 Å². The summed E-state index contributed by atoms with van der Waals surface area (Å²) in [6.07, 6.45) is 3.70. The second-order valence-corrected chi connectivity index (χ2v) is 5.09. The third-order valence-electron chi connectivity index (χ3n) is 3.77. The van der Waals surface area contributed by atoms with Crippen LogP contribution in [0.4, 0.5) is 0 Å².